The molecule has 19 heavy (non-hydrogen) atoms. The van der Waals surface area contributed by atoms with E-state index >= 15 is 0 Å². The molecule has 7 nitrogen and oxygen atoms in total. The molecule has 3 N–H and O–H groups in total. The fourth-order valence-corrected chi connectivity index (χ4v) is 4.27. The van der Waals surface area contributed by atoms with Gasteiger partial charge in [0.1, 0.15) is 5.84 Å². The van der Waals surface area contributed by atoms with Gasteiger partial charge in [-0.2, -0.15) is 9.40 Å². The van der Waals surface area contributed by atoms with E-state index < -0.39 is 10.0 Å². The van der Waals surface area contributed by atoms with Gasteiger partial charge in [-0.15, -0.1) is 0 Å². The first-order chi connectivity index (χ1) is 8.93. The number of aryl methyl sites for hydroxylation is 1. The summed E-state index contributed by atoms with van der Waals surface area (Å²) in [6, 6.07) is 1.40. The van der Waals surface area contributed by atoms with E-state index in [0.717, 1.165) is 25.7 Å². The van der Waals surface area contributed by atoms with Crippen molar-refractivity contribution >= 4 is 15.9 Å². The van der Waals surface area contributed by atoms with Crippen molar-refractivity contribution in [3.05, 3.63) is 12.3 Å². The average Bonchev–Trinajstić information content (AvgIpc) is 2.95. The Morgan fingerprint density at radius 2 is 2.21 bits per heavy atom. The molecular weight excluding hydrogens is 266 g/mol. The van der Waals surface area contributed by atoms with Crippen molar-refractivity contribution in [2.45, 2.75) is 36.8 Å². The third kappa shape index (κ3) is 2.79. The fourth-order valence-electron chi connectivity index (χ4n) is 2.51. The number of rotatable bonds is 5. The predicted octanol–water partition coefficient (Wildman–Crippen LogP) is 0.289. The molecule has 0 saturated heterocycles. The summed E-state index contributed by atoms with van der Waals surface area (Å²) in [6.45, 7) is -0.0574. The van der Waals surface area contributed by atoms with Crippen LogP contribution in [0, 0.1) is 5.41 Å². The maximum absolute atomic E-state index is 12.6. The van der Waals surface area contributed by atoms with Gasteiger partial charge < -0.3 is 5.73 Å². The molecule has 0 aromatic carbocycles. The lowest BCUT2D eigenvalue weighted by atomic mass is 10.2. The Kier molecular flexibility index (Phi) is 3.91. The molecule has 0 aliphatic heterocycles. The summed E-state index contributed by atoms with van der Waals surface area (Å²) in [5, 5.41) is 11.4. The first kappa shape index (κ1) is 14.0. The van der Waals surface area contributed by atoms with Crippen molar-refractivity contribution in [1.29, 1.82) is 5.41 Å². The van der Waals surface area contributed by atoms with Gasteiger partial charge in [-0.3, -0.25) is 10.1 Å². The Balaban J connectivity index is 2.36. The number of nitrogens with one attached hydrogen (secondary N) is 1. The second kappa shape index (κ2) is 5.30. The van der Waals surface area contributed by atoms with Crippen LogP contribution in [0.5, 0.6) is 0 Å². The first-order valence-corrected chi connectivity index (χ1v) is 7.69. The van der Waals surface area contributed by atoms with Crippen molar-refractivity contribution < 1.29 is 8.42 Å². The van der Waals surface area contributed by atoms with Crippen molar-refractivity contribution in [3.8, 4) is 0 Å². The van der Waals surface area contributed by atoms with Gasteiger partial charge in [0.2, 0.25) is 0 Å². The monoisotopic (exact) mass is 285 g/mol. The van der Waals surface area contributed by atoms with Crippen LogP contribution in [0.25, 0.3) is 0 Å². The third-order valence-corrected chi connectivity index (χ3v) is 5.38. The number of nitrogens with two attached hydrogens (primary N) is 1. The largest absolute Gasteiger partial charge is 0.387 e. The van der Waals surface area contributed by atoms with Gasteiger partial charge in [0.15, 0.2) is 5.03 Å². The zero-order chi connectivity index (χ0) is 14.0. The molecule has 1 aromatic rings. The minimum absolute atomic E-state index is 0.0574. The van der Waals surface area contributed by atoms with E-state index in [9.17, 15) is 8.42 Å². The SMILES string of the molecule is Cn1nccc1S(=O)(=O)N(CC(=N)N)C1CCCC1. The minimum atomic E-state index is -3.65. The van der Waals surface area contributed by atoms with E-state index in [0.29, 0.717) is 0 Å². The molecule has 2 rings (SSSR count). The van der Waals surface area contributed by atoms with Gasteiger partial charge in [-0.25, -0.2) is 8.42 Å². The van der Waals surface area contributed by atoms with Crippen LogP contribution < -0.4 is 5.73 Å². The van der Waals surface area contributed by atoms with E-state index in [1.165, 1.54) is 21.3 Å². The molecule has 0 amide bonds. The van der Waals surface area contributed by atoms with Crippen LogP contribution in [-0.4, -0.2) is 40.9 Å². The molecule has 0 radical (unpaired) electrons. The van der Waals surface area contributed by atoms with E-state index in [1.54, 1.807) is 7.05 Å². The Labute approximate surface area is 112 Å². The predicted molar refractivity (Wildman–Crippen MR) is 71.3 cm³/mol. The Hall–Kier alpha value is -1.41. The molecule has 0 atom stereocenters. The number of hydrogen-bond acceptors (Lipinski definition) is 4. The van der Waals surface area contributed by atoms with Gasteiger partial charge in [0.05, 0.1) is 12.7 Å². The lowest BCUT2D eigenvalue weighted by molar-refractivity contribution is 0.350. The maximum Gasteiger partial charge on any atom is 0.260 e. The quantitative estimate of drug-likeness (QED) is 0.599. The molecule has 0 spiro atoms. The zero-order valence-corrected chi connectivity index (χ0v) is 11.7. The van der Waals surface area contributed by atoms with Gasteiger partial charge in [-0.05, 0) is 18.9 Å². The lowest BCUT2D eigenvalue weighted by Gasteiger charge is -2.27. The Morgan fingerprint density at radius 1 is 1.58 bits per heavy atom. The van der Waals surface area contributed by atoms with Crippen LogP contribution in [-0.2, 0) is 17.1 Å². The van der Waals surface area contributed by atoms with Crippen LogP contribution >= 0.6 is 0 Å². The second-order valence-electron chi connectivity index (χ2n) is 4.81. The molecule has 1 fully saturated rings. The highest BCUT2D eigenvalue weighted by atomic mass is 32.2. The van der Waals surface area contributed by atoms with Gasteiger partial charge in [-0.1, -0.05) is 12.8 Å². The smallest absolute Gasteiger partial charge is 0.260 e. The minimum Gasteiger partial charge on any atom is -0.387 e. The van der Waals surface area contributed by atoms with Crippen molar-refractivity contribution in [1.82, 2.24) is 14.1 Å². The summed E-state index contributed by atoms with van der Waals surface area (Å²) in [5.41, 5.74) is 5.40. The van der Waals surface area contributed by atoms with Crippen molar-refractivity contribution in [3.63, 3.8) is 0 Å². The van der Waals surface area contributed by atoms with Gasteiger partial charge in [0, 0.05) is 13.1 Å². The van der Waals surface area contributed by atoms with Crippen molar-refractivity contribution in [2.24, 2.45) is 12.8 Å². The van der Waals surface area contributed by atoms with E-state index in [-0.39, 0.29) is 23.4 Å². The maximum atomic E-state index is 12.6. The normalized spacial score (nSPS) is 17.2. The summed E-state index contributed by atoms with van der Waals surface area (Å²) in [6.07, 6.45) is 5.13. The third-order valence-electron chi connectivity index (χ3n) is 3.41. The summed E-state index contributed by atoms with van der Waals surface area (Å²) >= 11 is 0. The molecule has 1 aliphatic carbocycles. The van der Waals surface area contributed by atoms with E-state index in [4.69, 9.17) is 11.1 Å². The summed E-state index contributed by atoms with van der Waals surface area (Å²) in [5.74, 6) is -0.141. The van der Waals surface area contributed by atoms with E-state index in [1.807, 2.05) is 0 Å². The highest BCUT2D eigenvalue weighted by molar-refractivity contribution is 7.89. The van der Waals surface area contributed by atoms with Crippen LogP contribution in [0.1, 0.15) is 25.7 Å². The number of amidine groups is 1. The molecule has 1 saturated carbocycles. The highest BCUT2D eigenvalue weighted by Gasteiger charge is 2.35. The average molecular weight is 285 g/mol. The molecule has 1 aromatic heterocycles. The van der Waals surface area contributed by atoms with Crippen molar-refractivity contribution in [2.75, 3.05) is 6.54 Å². The molecule has 106 valence electrons. The number of hydrogen-bond donors (Lipinski definition) is 2. The molecule has 0 bridgehead atoms. The second-order valence-corrected chi connectivity index (χ2v) is 6.64. The standard InChI is InChI=1S/C11H19N5O2S/c1-15-11(6-7-14-15)19(17,18)16(8-10(12)13)9-4-2-3-5-9/h6-7,9H,2-5,8H2,1H3,(H3,12,13). The Bertz CT molecular complexity index is 559. The molecular formula is C11H19N5O2S. The van der Waals surface area contributed by atoms with Crippen LogP contribution in [0.3, 0.4) is 0 Å². The van der Waals surface area contributed by atoms with Crippen LogP contribution in [0.15, 0.2) is 17.3 Å². The first-order valence-electron chi connectivity index (χ1n) is 6.25. The summed E-state index contributed by atoms with van der Waals surface area (Å²) in [4.78, 5) is 0. The van der Waals surface area contributed by atoms with Crippen LogP contribution in [0.4, 0.5) is 0 Å². The summed E-state index contributed by atoms with van der Waals surface area (Å²) < 4.78 is 28.0. The molecule has 1 aliphatic rings. The Morgan fingerprint density at radius 3 is 2.68 bits per heavy atom. The fraction of sp³-hybridized carbons (Fsp3) is 0.636. The lowest BCUT2D eigenvalue weighted by Crippen LogP contribution is -2.44. The molecule has 1 heterocycles. The molecule has 0 unspecified atom stereocenters. The summed E-state index contributed by atoms with van der Waals surface area (Å²) in [7, 11) is -2.06. The topological polar surface area (TPSA) is 105 Å². The number of nitrogens with zero attached hydrogens (tertiary/aromatic N) is 3. The number of sulfonamides is 1. The highest BCUT2D eigenvalue weighted by Crippen LogP contribution is 2.28. The van der Waals surface area contributed by atoms with Gasteiger partial charge in [0.25, 0.3) is 10.0 Å². The van der Waals surface area contributed by atoms with Crippen LogP contribution in [0.2, 0.25) is 0 Å². The van der Waals surface area contributed by atoms with E-state index in [2.05, 4.69) is 5.10 Å². The molecule has 8 heteroatoms. The van der Waals surface area contributed by atoms with Gasteiger partial charge >= 0.3 is 0 Å². The zero-order valence-electron chi connectivity index (χ0n) is 10.9. The number of aromatic nitrogens is 2.